The van der Waals surface area contributed by atoms with E-state index in [1.54, 1.807) is 19.3 Å². The Balaban J connectivity index is 2.54. The summed E-state index contributed by atoms with van der Waals surface area (Å²) in [5, 5.41) is 9.68. The molecule has 1 heterocycles. The van der Waals surface area contributed by atoms with Crippen LogP contribution in [0.5, 0.6) is 0 Å². The molecule has 0 atom stereocenters. The fourth-order valence-electron chi connectivity index (χ4n) is 1.41. The average molecular weight is 202 g/mol. The molecule has 0 aliphatic rings. The van der Waals surface area contributed by atoms with E-state index in [9.17, 15) is 4.79 Å². The predicted octanol–water partition coefficient (Wildman–Crippen LogP) is 2.92. The van der Waals surface area contributed by atoms with E-state index in [-0.39, 0.29) is 0 Å². The number of rotatable bonds is 2. The van der Waals surface area contributed by atoms with Gasteiger partial charge in [-0.2, -0.15) is 0 Å². The molecular formula is C12H10O3. The molecule has 0 amide bonds. The second-order valence-corrected chi connectivity index (χ2v) is 3.32. The Kier molecular flexibility index (Phi) is 2.29. The molecule has 15 heavy (non-hydrogen) atoms. The molecule has 0 unspecified atom stereocenters. The zero-order valence-electron chi connectivity index (χ0n) is 8.23. The van der Waals surface area contributed by atoms with Gasteiger partial charge < -0.3 is 9.52 Å². The highest BCUT2D eigenvalue weighted by Gasteiger charge is 2.05. The van der Waals surface area contributed by atoms with Gasteiger partial charge in [0, 0.05) is 16.5 Å². The lowest BCUT2D eigenvalue weighted by Gasteiger charge is -1.92. The van der Waals surface area contributed by atoms with Crippen LogP contribution in [-0.4, -0.2) is 11.1 Å². The summed E-state index contributed by atoms with van der Waals surface area (Å²) in [6.45, 7) is 1.56. The van der Waals surface area contributed by atoms with Gasteiger partial charge in [-0.1, -0.05) is 18.2 Å². The normalized spacial score (nSPS) is 11.9. The second-order valence-electron chi connectivity index (χ2n) is 3.32. The van der Waals surface area contributed by atoms with E-state index in [0.29, 0.717) is 5.57 Å². The van der Waals surface area contributed by atoms with Crippen LogP contribution in [0.4, 0.5) is 0 Å². The van der Waals surface area contributed by atoms with Crippen LogP contribution in [0.15, 0.2) is 40.5 Å². The molecule has 0 aliphatic heterocycles. The number of hydrogen-bond acceptors (Lipinski definition) is 2. The third-order valence-corrected chi connectivity index (χ3v) is 2.22. The van der Waals surface area contributed by atoms with Gasteiger partial charge in [0.1, 0.15) is 5.58 Å². The van der Waals surface area contributed by atoms with E-state index in [1.807, 2.05) is 24.3 Å². The first kappa shape index (κ1) is 9.52. The molecule has 2 rings (SSSR count). The van der Waals surface area contributed by atoms with Gasteiger partial charge in [-0.3, -0.25) is 0 Å². The largest absolute Gasteiger partial charge is 0.478 e. The number of benzene rings is 1. The van der Waals surface area contributed by atoms with Crippen molar-refractivity contribution in [1.29, 1.82) is 0 Å². The fourth-order valence-corrected chi connectivity index (χ4v) is 1.41. The van der Waals surface area contributed by atoms with Crippen molar-refractivity contribution in [3.63, 3.8) is 0 Å². The minimum Gasteiger partial charge on any atom is -0.478 e. The van der Waals surface area contributed by atoms with Crippen LogP contribution in [0.1, 0.15) is 12.5 Å². The first-order valence-corrected chi connectivity index (χ1v) is 4.56. The third-order valence-electron chi connectivity index (χ3n) is 2.22. The number of furan rings is 1. The average Bonchev–Trinajstić information content (AvgIpc) is 2.62. The van der Waals surface area contributed by atoms with Crippen molar-refractivity contribution < 1.29 is 14.3 Å². The van der Waals surface area contributed by atoms with E-state index in [0.717, 1.165) is 16.5 Å². The van der Waals surface area contributed by atoms with Crippen LogP contribution in [0.2, 0.25) is 0 Å². The molecule has 1 aromatic heterocycles. The smallest absolute Gasteiger partial charge is 0.331 e. The van der Waals surface area contributed by atoms with Crippen LogP contribution in [0.25, 0.3) is 17.0 Å². The van der Waals surface area contributed by atoms with Gasteiger partial charge in [-0.25, -0.2) is 4.79 Å². The highest BCUT2D eigenvalue weighted by atomic mass is 16.4. The zero-order valence-corrected chi connectivity index (χ0v) is 8.23. The monoisotopic (exact) mass is 202 g/mol. The molecule has 1 N–H and O–H groups in total. The molecule has 3 heteroatoms. The summed E-state index contributed by atoms with van der Waals surface area (Å²) in [7, 11) is 0. The van der Waals surface area contributed by atoms with E-state index in [1.165, 1.54) is 0 Å². The molecule has 0 fully saturated rings. The summed E-state index contributed by atoms with van der Waals surface area (Å²) in [5.74, 6) is -0.916. The standard InChI is InChI=1S/C12H10O3/c1-8(12(13)14)6-9-7-15-11-5-3-2-4-10(9)11/h2-7H,1H3,(H,13,14)/b8-6-. The first-order chi connectivity index (χ1) is 7.18. The lowest BCUT2D eigenvalue weighted by Crippen LogP contribution is -1.94. The molecule has 76 valence electrons. The van der Waals surface area contributed by atoms with Crippen molar-refractivity contribution in [2.24, 2.45) is 0 Å². The molecule has 0 aliphatic carbocycles. The number of para-hydroxylation sites is 1. The van der Waals surface area contributed by atoms with Crippen molar-refractivity contribution in [2.45, 2.75) is 6.92 Å². The number of hydrogen-bond donors (Lipinski definition) is 1. The van der Waals surface area contributed by atoms with E-state index < -0.39 is 5.97 Å². The third kappa shape index (κ3) is 1.76. The Labute approximate surface area is 86.6 Å². The Morgan fingerprint density at radius 2 is 2.13 bits per heavy atom. The Morgan fingerprint density at radius 1 is 1.40 bits per heavy atom. The number of carboxylic acids is 1. The SMILES string of the molecule is C/C(=C/c1coc2ccccc12)C(=O)O. The molecule has 0 saturated heterocycles. The molecule has 1 aromatic carbocycles. The van der Waals surface area contributed by atoms with Crippen LogP contribution < -0.4 is 0 Å². The fraction of sp³-hybridized carbons (Fsp3) is 0.0833. The van der Waals surface area contributed by atoms with Gasteiger partial charge in [-0.15, -0.1) is 0 Å². The topological polar surface area (TPSA) is 50.4 Å². The summed E-state index contributed by atoms with van der Waals surface area (Å²) >= 11 is 0. The van der Waals surface area contributed by atoms with Crippen LogP contribution in [0, 0.1) is 0 Å². The Bertz CT molecular complexity index is 535. The van der Waals surface area contributed by atoms with Crippen molar-refractivity contribution in [2.75, 3.05) is 0 Å². The predicted molar refractivity (Wildman–Crippen MR) is 57.5 cm³/mol. The van der Waals surface area contributed by atoms with Crippen LogP contribution in [-0.2, 0) is 4.79 Å². The van der Waals surface area contributed by atoms with Gasteiger partial charge in [0.05, 0.1) is 6.26 Å². The summed E-state index contributed by atoms with van der Waals surface area (Å²) < 4.78 is 5.29. The van der Waals surface area contributed by atoms with Gasteiger partial charge in [-0.05, 0) is 19.1 Å². The van der Waals surface area contributed by atoms with Gasteiger partial charge in [0.25, 0.3) is 0 Å². The highest BCUT2D eigenvalue weighted by molar-refractivity contribution is 5.95. The summed E-state index contributed by atoms with van der Waals surface area (Å²) in [4.78, 5) is 10.7. The van der Waals surface area contributed by atoms with Gasteiger partial charge in [0.2, 0.25) is 0 Å². The molecule has 3 nitrogen and oxygen atoms in total. The van der Waals surface area contributed by atoms with Gasteiger partial charge >= 0.3 is 5.97 Å². The number of aliphatic carboxylic acids is 1. The number of carboxylic acid groups (broad SMARTS) is 1. The first-order valence-electron chi connectivity index (χ1n) is 4.56. The molecule has 0 radical (unpaired) electrons. The molecular weight excluding hydrogens is 192 g/mol. The van der Waals surface area contributed by atoms with E-state index in [4.69, 9.17) is 9.52 Å². The van der Waals surface area contributed by atoms with Crippen molar-refractivity contribution in [3.8, 4) is 0 Å². The van der Waals surface area contributed by atoms with E-state index in [2.05, 4.69) is 0 Å². The maximum Gasteiger partial charge on any atom is 0.331 e. The minimum absolute atomic E-state index is 0.293. The van der Waals surface area contributed by atoms with Crippen LogP contribution in [0.3, 0.4) is 0 Å². The number of carbonyl (C=O) groups is 1. The molecule has 0 bridgehead atoms. The quantitative estimate of drug-likeness (QED) is 0.761. The molecule has 0 spiro atoms. The summed E-state index contributed by atoms with van der Waals surface area (Å²) in [6.07, 6.45) is 3.17. The van der Waals surface area contributed by atoms with Crippen LogP contribution >= 0.6 is 0 Å². The lowest BCUT2D eigenvalue weighted by molar-refractivity contribution is -0.132. The highest BCUT2D eigenvalue weighted by Crippen LogP contribution is 2.22. The Hall–Kier alpha value is -2.03. The maximum absolute atomic E-state index is 10.7. The molecule has 0 saturated carbocycles. The van der Waals surface area contributed by atoms with E-state index >= 15 is 0 Å². The zero-order chi connectivity index (χ0) is 10.8. The lowest BCUT2D eigenvalue weighted by atomic mass is 10.1. The summed E-state index contributed by atoms with van der Waals surface area (Å²) in [5.41, 5.74) is 1.86. The molecule has 2 aromatic rings. The number of fused-ring (bicyclic) bond motifs is 1. The summed E-state index contributed by atoms with van der Waals surface area (Å²) in [6, 6.07) is 7.53. The Morgan fingerprint density at radius 3 is 2.87 bits per heavy atom. The van der Waals surface area contributed by atoms with Crippen molar-refractivity contribution >= 4 is 23.0 Å². The maximum atomic E-state index is 10.7. The second kappa shape index (κ2) is 3.61. The van der Waals surface area contributed by atoms with Crippen molar-refractivity contribution in [3.05, 3.63) is 41.7 Å². The minimum atomic E-state index is -0.916. The van der Waals surface area contributed by atoms with Crippen molar-refractivity contribution in [1.82, 2.24) is 0 Å². The van der Waals surface area contributed by atoms with Gasteiger partial charge in [0.15, 0.2) is 0 Å².